The zero-order valence-electron chi connectivity index (χ0n) is 19.5. The molecule has 0 aliphatic rings. The van der Waals surface area contributed by atoms with Crippen molar-refractivity contribution in [3.63, 3.8) is 0 Å². The Morgan fingerprint density at radius 2 is 1.48 bits per heavy atom. The molecule has 0 saturated carbocycles. The third kappa shape index (κ3) is 6.68. The van der Waals surface area contributed by atoms with Gasteiger partial charge >= 0.3 is 0 Å². The van der Waals surface area contributed by atoms with Gasteiger partial charge in [-0.1, -0.05) is 67.9 Å². The molecule has 5 nitrogen and oxygen atoms in total. The van der Waals surface area contributed by atoms with E-state index in [1.165, 1.54) is 9.87 Å². The van der Waals surface area contributed by atoms with Gasteiger partial charge in [-0.3, -0.25) is 9.10 Å². The second-order valence-corrected chi connectivity index (χ2v) is 10.3. The molecule has 3 aromatic carbocycles. The fraction of sp³-hybridized carbons (Fsp3) is 0.296. The minimum atomic E-state index is -3.90. The van der Waals surface area contributed by atoms with Crippen LogP contribution in [0, 0.1) is 19.8 Å². The van der Waals surface area contributed by atoms with Crippen LogP contribution in [-0.4, -0.2) is 27.4 Å². The van der Waals surface area contributed by atoms with Crippen molar-refractivity contribution in [1.29, 1.82) is 0 Å². The third-order valence-corrected chi connectivity index (χ3v) is 7.43. The maximum absolute atomic E-state index is 13.5. The Morgan fingerprint density at radius 3 is 2.06 bits per heavy atom. The number of hydrogen-bond donors (Lipinski definition) is 1. The summed E-state index contributed by atoms with van der Waals surface area (Å²) in [4.78, 5) is 13.1. The van der Waals surface area contributed by atoms with Crippen molar-refractivity contribution in [2.75, 3.05) is 17.4 Å². The largest absolute Gasteiger partial charge is 0.354 e. The Bertz CT molecular complexity index is 1140. The molecule has 174 valence electrons. The number of nitrogens with zero attached hydrogens (tertiary/aromatic N) is 1. The highest BCUT2D eigenvalue weighted by molar-refractivity contribution is 7.92. The summed E-state index contributed by atoms with van der Waals surface area (Å²) in [5.74, 6) is -0.0445. The molecule has 0 spiro atoms. The van der Waals surface area contributed by atoms with Gasteiger partial charge < -0.3 is 5.32 Å². The monoisotopic (exact) mass is 464 g/mol. The van der Waals surface area contributed by atoms with Crippen LogP contribution in [0.15, 0.2) is 83.8 Å². The normalized spacial score (nSPS) is 12.2. The van der Waals surface area contributed by atoms with Crippen molar-refractivity contribution in [3.05, 3.63) is 95.6 Å². The smallest absolute Gasteiger partial charge is 0.264 e. The Balaban J connectivity index is 1.79. The summed E-state index contributed by atoms with van der Waals surface area (Å²) in [7, 11) is -3.90. The molecule has 0 aromatic heterocycles. The van der Waals surface area contributed by atoms with E-state index >= 15 is 0 Å². The van der Waals surface area contributed by atoms with E-state index in [0.29, 0.717) is 12.2 Å². The van der Waals surface area contributed by atoms with Crippen LogP contribution in [0.2, 0.25) is 0 Å². The molecule has 33 heavy (non-hydrogen) atoms. The van der Waals surface area contributed by atoms with E-state index in [1.54, 1.807) is 42.5 Å². The lowest BCUT2D eigenvalue weighted by Gasteiger charge is -2.25. The molecule has 0 radical (unpaired) electrons. The quantitative estimate of drug-likeness (QED) is 0.465. The Morgan fingerprint density at radius 1 is 0.909 bits per heavy atom. The molecule has 0 fully saturated rings. The molecular formula is C27H32N2O3S. The second kappa shape index (κ2) is 11.1. The van der Waals surface area contributed by atoms with Gasteiger partial charge in [0.25, 0.3) is 10.0 Å². The molecule has 0 bridgehead atoms. The number of benzene rings is 3. The Hall–Kier alpha value is -3.12. The van der Waals surface area contributed by atoms with Crippen molar-refractivity contribution in [3.8, 4) is 0 Å². The van der Waals surface area contributed by atoms with E-state index in [4.69, 9.17) is 0 Å². The van der Waals surface area contributed by atoms with Crippen molar-refractivity contribution in [2.45, 2.75) is 38.5 Å². The molecule has 0 heterocycles. The minimum absolute atomic E-state index is 0.160. The summed E-state index contributed by atoms with van der Waals surface area (Å²) in [6, 6.07) is 24.0. The molecule has 1 atom stereocenters. The topological polar surface area (TPSA) is 66.5 Å². The van der Waals surface area contributed by atoms with Crippen LogP contribution in [-0.2, 0) is 21.2 Å². The Kier molecular flexibility index (Phi) is 8.28. The van der Waals surface area contributed by atoms with Crippen molar-refractivity contribution >= 4 is 21.6 Å². The predicted octanol–water partition coefficient (Wildman–Crippen LogP) is 4.88. The maximum Gasteiger partial charge on any atom is 0.264 e. The van der Waals surface area contributed by atoms with Crippen LogP contribution in [0.3, 0.4) is 0 Å². The van der Waals surface area contributed by atoms with E-state index < -0.39 is 10.0 Å². The highest BCUT2D eigenvalue weighted by atomic mass is 32.2. The van der Waals surface area contributed by atoms with Gasteiger partial charge in [0.15, 0.2) is 0 Å². The summed E-state index contributed by atoms with van der Waals surface area (Å²) in [5.41, 5.74) is 3.59. The third-order valence-electron chi connectivity index (χ3n) is 5.65. The fourth-order valence-corrected chi connectivity index (χ4v) is 5.31. The van der Waals surface area contributed by atoms with Crippen LogP contribution in [0.5, 0.6) is 0 Å². The van der Waals surface area contributed by atoms with E-state index in [2.05, 4.69) is 24.4 Å². The summed E-state index contributed by atoms with van der Waals surface area (Å²) in [5, 5.41) is 2.96. The minimum Gasteiger partial charge on any atom is -0.354 e. The predicted molar refractivity (Wildman–Crippen MR) is 134 cm³/mol. The van der Waals surface area contributed by atoms with Gasteiger partial charge in [0.1, 0.15) is 6.54 Å². The molecule has 0 aliphatic heterocycles. The first-order chi connectivity index (χ1) is 15.8. The number of aryl methyl sites for hydroxylation is 2. The number of nitrogens with one attached hydrogen (secondary N) is 1. The Labute approximate surface area is 197 Å². The van der Waals surface area contributed by atoms with Gasteiger partial charge in [0.2, 0.25) is 5.91 Å². The summed E-state index contributed by atoms with van der Waals surface area (Å²) in [6.07, 6.45) is 1.78. The van der Waals surface area contributed by atoms with Gasteiger partial charge in [-0.25, -0.2) is 8.42 Å². The van der Waals surface area contributed by atoms with E-state index in [0.717, 1.165) is 24.0 Å². The molecule has 3 aromatic rings. The van der Waals surface area contributed by atoms with Crippen LogP contribution in [0.4, 0.5) is 5.69 Å². The molecule has 6 heteroatoms. The molecule has 3 rings (SSSR count). The SMILES string of the molecule is CCC(CNC(=O)CN(c1cc(C)cc(C)c1)S(=O)(=O)c1ccccc1)Cc1ccccc1. The number of sulfonamides is 1. The average Bonchev–Trinajstić information content (AvgIpc) is 2.80. The molecule has 0 saturated heterocycles. The maximum atomic E-state index is 13.5. The second-order valence-electron chi connectivity index (χ2n) is 8.44. The van der Waals surface area contributed by atoms with Crippen LogP contribution in [0.1, 0.15) is 30.0 Å². The summed E-state index contributed by atoms with van der Waals surface area (Å²) >= 11 is 0. The molecule has 1 unspecified atom stereocenters. The lowest BCUT2D eigenvalue weighted by atomic mass is 9.97. The number of anilines is 1. The average molecular weight is 465 g/mol. The van der Waals surface area contributed by atoms with Gasteiger partial charge in [-0.2, -0.15) is 0 Å². The molecular weight excluding hydrogens is 432 g/mol. The molecule has 1 N–H and O–H groups in total. The van der Waals surface area contributed by atoms with E-state index in [9.17, 15) is 13.2 Å². The summed E-state index contributed by atoms with van der Waals surface area (Å²) < 4.78 is 28.1. The summed E-state index contributed by atoms with van der Waals surface area (Å²) in [6.45, 7) is 6.15. The first-order valence-corrected chi connectivity index (χ1v) is 12.7. The van der Waals surface area contributed by atoms with Crippen molar-refractivity contribution in [1.82, 2.24) is 5.32 Å². The zero-order chi connectivity index (χ0) is 23.8. The number of carbonyl (C=O) groups is 1. The van der Waals surface area contributed by atoms with Crippen molar-refractivity contribution < 1.29 is 13.2 Å². The van der Waals surface area contributed by atoms with Crippen molar-refractivity contribution in [2.24, 2.45) is 5.92 Å². The highest BCUT2D eigenvalue weighted by Crippen LogP contribution is 2.25. The number of hydrogen-bond acceptors (Lipinski definition) is 3. The standard InChI is InChI=1S/C27H32N2O3S/c1-4-23(18-24-11-7-5-8-12-24)19-28-27(30)20-29(25-16-21(2)15-22(3)17-25)33(31,32)26-13-9-6-10-14-26/h5-17,23H,4,18-20H2,1-3H3,(H,28,30). The van der Waals surface area contributed by atoms with Crippen LogP contribution >= 0.6 is 0 Å². The highest BCUT2D eigenvalue weighted by Gasteiger charge is 2.27. The number of carbonyl (C=O) groups excluding carboxylic acids is 1. The van der Waals surface area contributed by atoms with Gasteiger partial charge in [-0.05, 0) is 67.1 Å². The van der Waals surface area contributed by atoms with Gasteiger partial charge in [-0.15, -0.1) is 0 Å². The number of amides is 1. The zero-order valence-corrected chi connectivity index (χ0v) is 20.3. The van der Waals surface area contributed by atoms with E-state index in [1.807, 2.05) is 38.1 Å². The molecule has 0 aliphatic carbocycles. The van der Waals surface area contributed by atoms with Gasteiger partial charge in [0.05, 0.1) is 10.6 Å². The van der Waals surface area contributed by atoms with E-state index in [-0.39, 0.29) is 23.3 Å². The first-order valence-electron chi connectivity index (χ1n) is 11.3. The first kappa shape index (κ1) is 24.5. The molecule has 1 amide bonds. The number of rotatable bonds is 10. The van der Waals surface area contributed by atoms with Gasteiger partial charge in [0, 0.05) is 6.54 Å². The van der Waals surface area contributed by atoms with Crippen LogP contribution < -0.4 is 9.62 Å². The lowest BCUT2D eigenvalue weighted by Crippen LogP contribution is -2.42. The fourth-order valence-electron chi connectivity index (χ4n) is 3.88. The lowest BCUT2D eigenvalue weighted by molar-refractivity contribution is -0.119. The van der Waals surface area contributed by atoms with Crippen LogP contribution in [0.25, 0.3) is 0 Å².